The SMILES string of the molecule is CN(C)/C=C(/C(=O)c1ccccc1-n1cccn1)C(=O)C1CC1. The van der Waals surface area contributed by atoms with Crippen molar-refractivity contribution in [3.05, 3.63) is 60.1 Å². The Labute approximate surface area is 135 Å². The summed E-state index contributed by atoms with van der Waals surface area (Å²) in [6.07, 6.45) is 6.82. The van der Waals surface area contributed by atoms with Crippen molar-refractivity contribution in [1.29, 1.82) is 0 Å². The number of hydrogen-bond donors (Lipinski definition) is 0. The number of rotatable bonds is 6. The summed E-state index contributed by atoms with van der Waals surface area (Å²) in [7, 11) is 3.62. The summed E-state index contributed by atoms with van der Waals surface area (Å²) in [4.78, 5) is 27.3. The molecular weight excluding hydrogens is 290 g/mol. The van der Waals surface area contributed by atoms with Gasteiger partial charge in [0.05, 0.1) is 11.3 Å². The van der Waals surface area contributed by atoms with Crippen LogP contribution >= 0.6 is 0 Å². The third kappa shape index (κ3) is 3.23. The fourth-order valence-corrected chi connectivity index (χ4v) is 2.48. The number of carbonyl (C=O) groups excluding carboxylic acids is 2. The molecule has 1 aliphatic carbocycles. The van der Waals surface area contributed by atoms with Gasteiger partial charge in [-0.05, 0) is 31.0 Å². The molecule has 1 aromatic carbocycles. The summed E-state index contributed by atoms with van der Waals surface area (Å²) in [5.41, 5.74) is 1.41. The first-order valence-electron chi connectivity index (χ1n) is 7.64. The van der Waals surface area contributed by atoms with Crippen LogP contribution in [0.3, 0.4) is 0 Å². The topological polar surface area (TPSA) is 55.2 Å². The van der Waals surface area contributed by atoms with E-state index in [1.165, 1.54) is 0 Å². The number of aromatic nitrogens is 2. The van der Waals surface area contributed by atoms with Crippen LogP contribution in [0.25, 0.3) is 5.69 Å². The molecule has 0 aliphatic heterocycles. The van der Waals surface area contributed by atoms with Crippen molar-refractivity contribution in [2.45, 2.75) is 12.8 Å². The number of nitrogens with zero attached hydrogens (tertiary/aromatic N) is 3. The quantitative estimate of drug-likeness (QED) is 0.356. The minimum absolute atomic E-state index is 0.00187. The number of allylic oxidation sites excluding steroid dienone is 1. The maximum Gasteiger partial charge on any atom is 0.200 e. The van der Waals surface area contributed by atoms with Crippen LogP contribution in [0.4, 0.5) is 0 Å². The Hall–Kier alpha value is -2.69. The zero-order chi connectivity index (χ0) is 16.4. The molecule has 1 aromatic heterocycles. The van der Waals surface area contributed by atoms with Crippen LogP contribution in [0.5, 0.6) is 0 Å². The molecule has 118 valence electrons. The van der Waals surface area contributed by atoms with Gasteiger partial charge in [-0.15, -0.1) is 0 Å². The molecule has 1 heterocycles. The zero-order valence-corrected chi connectivity index (χ0v) is 13.3. The molecule has 0 radical (unpaired) electrons. The lowest BCUT2D eigenvalue weighted by molar-refractivity contribution is -0.116. The van der Waals surface area contributed by atoms with Gasteiger partial charge in [0.2, 0.25) is 0 Å². The highest BCUT2D eigenvalue weighted by molar-refractivity contribution is 6.28. The molecule has 1 aliphatic rings. The van der Waals surface area contributed by atoms with Gasteiger partial charge in [-0.3, -0.25) is 9.59 Å². The first-order valence-corrected chi connectivity index (χ1v) is 7.64. The van der Waals surface area contributed by atoms with Crippen LogP contribution in [-0.4, -0.2) is 40.3 Å². The molecule has 1 saturated carbocycles. The van der Waals surface area contributed by atoms with E-state index in [1.54, 1.807) is 46.4 Å². The van der Waals surface area contributed by atoms with Crippen molar-refractivity contribution in [3.63, 3.8) is 0 Å². The van der Waals surface area contributed by atoms with Gasteiger partial charge in [0, 0.05) is 44.2 Å². The van der Waals surface area contributed by atoms with E-state index in [4.69, 9.17) is 0 Å². The Bertz CT molecular complexity index is 756. The molecule has 3 rings (SSSR count). The molecule has 0 N–H and O–H groups in total. The van der Waals surface area contributed by atoms with E-state index >= 15 is 0 Å². The van der Waals surface area contributed by atoms with Crippen LogP contribution in [-0.2, 0) is 4.79 Å². The standard InChI is InChI=1S/C18H19N3O2/c1-20(2)12-15(17(22)13-8-9-13)18(23)14-6-3-4-7-16(14)21-11-5-10-19-21/h3-7,10-13H,8-9H2,1-2H3/b15-12+. The summed E-state index contributed by atoms with van der Waals surface area (Å²) in [5, 5.41) is 4.19. The van der Waals surface area contributed by atoms with Crippen molar-refractivity contribution < 1.29 is 9.59 Å². The third-order valence-electron chi connectivity index (χ3n) is 3.75. The van der Waals surface area contributed by atoms with E-state index in [9.17, 15) is 9.59 Å². The summed E-state index contributed by atoms with van der Waals surface area (Å²) >= 11 is 0. The Kier molecular flexibility index (Phi) is 4.10. The monoisotopic (exact) mass is 309 g/mol. The van der Waals surface area contributed by atoms with Crippen molar-refractivity contribution in [1.82, 2.24) is 14.7 Å². The lowest BCUT2D eigenvalue weighted by Crippen LogP contribution is -2.20. The van der Waals surface area contributed by atoms with Crippen LogP contribution in [0.1, 0.15) is 23.2 Å². The molecule has 0 atom stereocenters. The normalized spacial score (nSPS) is 14.6. The molecule has 0 unspecified atom stereocenters. The second-order valence-electron chi connectivity index (χ2n) is 5.94. The average Bonchev–Trinajstić information content (AvgIpc) is 3.26. The third-order valence-corrected chi connectivity index (χ3v) is 3.75. The summed E-state index contributed by atoms with van der Waals surface area (Å²) in [6.45, 7) is 0. The molecule has 5 heteroatoms. The van der Waals surface area contributed by atoms with E-state index < -0.39 is 0 Å². The second kappa shape index (κ2) is 6.20. The highest BCUT2D eigenvalue weighted by atomic mass is 16.1. The summed E-state index contributed by atoms with van der Waals surface area (Å²) in [6, 6.07) is 9.02. The van der Waals surface area contributed by atoms with E-state index in [0.29, 0.717) is 11.3 Å². The van der Waals surface area contributed by atoms with Gasteiger partial charge in [-0.2, -0.15) is 5.10 Å². The van der Waals surface area contributed by atoms with Gasteiger partial charge >= 0.3 is 0 Å². The summed E-state index contributed by atoms with van der Waals surface area (Å²) < 4.78 is 1.64. The molecule has 0 bridgehead atoms. The fourth-order valence-electron chi connectivity index (χ4n) is 2.48. The van der Waals surface area contributed by atoms with E-state index in [0.717, 1.165) is 12.8 Å². The lowest BCUT2D eigenvalue weighted by atomic mass is 9.97. The van der Waals surface area contributed by atoms with Gasteiger partial charge in [0.1, 0.15) is 0 Å². The van der Waals surface area contributed by atoms with Crippen LogP contribution in [0, 0.1) is 5.92 Å². The molecule has 0 spiro atoms. The van der Waals surface area contributed by atoms with Crippen molar-refractivity contribution in [2.75, 3.05) is 14.1 Å². The first kappa shape index (κ1) is 15.2. The Morgan fingerprint density at radius 3 is 2.57 bits per heavy atom. The highest BCUT2D eigenvalue weighted by Crippen LogP contribution is 2.33. The number of benzene rings is 1. The molecular formula is C18H19N3O2. The first-order chi connectivity index (χ1) is 11.1. The lowest BCUT2D eigenvalue weighted by Gasteiger charge is -2.13. The largest absolute Gasteiger partial charge is 0.383 e. The Morgan fingerprint density at radius 2 is 1.96 bits per heavy atom. The number of ketones is 2. The van der Waals surface area contributed by atoms with Crippen molar-refractivity contribution in [3.8, 4) is 5.69 Å². The highest BCUT2D eigenvalue weighted by Gasteiger charge is 2.35. The molecule has 1 fully saturated rings. The Balaban J connectivity index is 2.03. The average molecular weight is 309 g/mol. The van der Waals surface area contributed by atoms with Crippen molar-refractivity contribution >= 4 is 11.6 Å². The minimum Gasteiger partial charge on any atom is -0.383 e. The molecule has 5 nitrogen and oxygen atoms in total. The van der Waals surface area contributed by atoms with Gasteiger partial charge in [-0.25, -0.2) is 4.68 Å². The van der Waals surface area contributed by atoms with E-state index in [1.807, 2.05) is 26.2 Å². The number of carbonyl (C=O) groups is 2. The smallest absolute Gasteiger partial charge is 0.200 e. The van der Waals surface area contributed by atoms with E-state index in [2.05, 4.69) is 5.10 Å². The number of Topliss-reactive ketones (excluding diaryl/α,β-unsaturated/α-hetero) is 2. The number of para-hydroxylation sites is 1. The minimum atomic E-state index is -0.248. The van der Waals surface area contributed by atoms with Crippen LogP contribution in [0.15, 0.2) is 54.5 Å². The predicted molar refractivity (Wildman–Crippen MR) is 87.4 cm³/mol. The molecule has 23 heavy (non-hydrogen) atoms. The maximum atomic E-state index is 13.0. The van der Waals surface area contributed by atoms with Crippen LogP contribution < -0.4 is 0 Å². The summed E-state index contributed by atoms with van der Waals surface area (Å²) in [5.74, 6) is -0.303. The van der Waals surface area contributed by atoms with Gasteiger partial charge in [0.15, 0.2) is 11.6 Å². The van der Waals surface area contributed by atoms with Crippen molar-refractivity contribution in [2.24, 2.45) is 5.92 Å². The van der Waals surface area contributed by atoms with Crippen LogP contribution in [0.2, 0.25) is 0 Å². The Morgan fingerprint density at radius 1 is 1.22 bits per heavy atom. The van der Waals surface area contributed by atoms with Gasteiger partial charge < -0.3 is 4.90 Å². The van der Waals surface area contributed by atoms with Gasteiger partial charge in [0.25, 0.3) is 0 Å². The second-order valence-corrected chi connectivity index (χ2v) is 5.94. The van der Waals surface area contributed by atoms with Gasteiger partial charge in [-0.1, -0.05) is 12.1 Å². The maximum absolute atomic E-state index is 13.0. The predicted octanol–water partition coefficient (Wildman–Crippen LogP) is 2.48. The fraction of sp³-hybridized carbons (Fsp3) is 0.278. The molecule has 0 amide bonds. The molecule has 0 saturated heterocycles. The molecule has 2 aromatic rings. The van der Waals surface area contributed by atoms with E-state index in [-0.39, 0.29) is 23.1 Å². The zero-order valence-electron chi connectivity index (χ0n) is 13.3. The number of hydrogen-bond acceptors (Lipinski definition) is 4.